The SMILES string of the molecule is Cc1ccc(C(O)c2ccccc2Cl)c(Cl)c1. The molecule has 0 saturated heterocycles. The van der Waals surface area contributed by atoms with E-state index in [4.69, 9.17) is 23.2 Å². The lowest BCUT2D eigenvalue weighted by atomic mass is 10.0. The number of hydrogen-bond acceptors (Lipinski definition) is 1. The number of aryl methyl sites for hydroxylation is 1. The van der Waals surface area contributed by atoms with Crippen LogP contribution in [-0.2, 0) is 0 Å². The number of benzene rings is 2. The largest absolute Gasteiger partial charge is 0.384 e. The molecule has 88 valence electrons. The van der Waals surface area contributed by atoms with Crippen molar-refractivity contribution < 1.29 is 5.11 Å². The molecule has 3 heteroatoms. The van der Waals surface area contributed by atoms with Crippen LogP contribution in [0.1, 0.15) is 22.8 Å². The van der Waals surface area contributed by atoms with Gasteiger partial charge in [0.2, 0.25) is 0 Å². The zero-order valence-electron chi connectivity index (χ0n) is 9.32. The summed E-state index contributed by atoms with van der Waals surface area (Å²) >= 11 is 12.2. The Bertz CT molecular complexity index is 537. The van der Waals surface area contributed by atoms with Crippen LogP contribution in [0.15, 0.2) is 42.5 Å². The highest BCUT2D eigenvalue weighted by Crippen LogP contribution is 2.32. The van der Waals surface area contributed by atoms with Crippen LogP contribution in [0.4, 0.5) is 0 Å². The topological polar surface area (TPSA) is 20.2 Å². The summed E-state index contributed by atoms with van der Waals surface area (Å²) in [6, 6.07) is 12.8. The Morgan fingerprint density at radius 3 is 2.24 bits per heavy atom. The van der Waals surface area contributed by atoms with Crippen molar-refractivity contribution in [2.24, 2.45) is 0 Å². The Morgan fingerprint density at radius 2 is 1.59 bits per heavy atom. The lowest BCUT2D eigenvalue weighted by Gasteiger charge is -2.14. The van der Waals surface area contributed by atoms with Crippen LogP contribution in [0.5, 0.6) is 0 Å². The van der Waals surface area contributed by atoms with Gasteiger partial charge in [-0.2, -0.15) is 0 Å². The van der Waals surface area contributed by atoms with E-state index in [1.165, 1.54) is 0 Å². The zero-order chi connectivity index (χ0) is 12.4. The standard InChI is InChI=1S/C14H12Cl2O/c1-9-6-7-11(13(16)8-9)14(17)10-4-2-3-5-12(10)15/h2-8,14,17H,1H3. The lowest BCUT2D eigenvalue weighted by molar-refractivity contribution is 0.220. The molecule has 0 bridgehead atoms. The van der Waals surface area contributed by atoms with E-state index >= 15 is 0 Å². The molecule has 1 N–H and O–H groups in total. The third-order valence-corrected chi connectivity index (χ3v) is 3.32. The third-order valence-electron chi connectivity index (χ3n) is 2.65. The van der Waals surface area contributed by atoms with Gasteiger partial charge < -0.3 is 5.11 Å². The van der Waals surface area contributed by atoms with E-state index in [1.807, 2.05) is 37.3 Å². The molecule has 1 atom stereocenters. The quantitative estimate of drug-likeness (QED) is 0.855. The first-order valence-electron chi connectivity index (χ1n) is 5.28. The molecule has 0 radical (unpaired) electrons. The van der Waals surface area contributed by atoms with Crippen LogP contribution in [-0.4, -0.2) is 5.11 Å². The van der Waals surface area contributed by atoms with Gasteiger partial charge in [-0.1, -0.05) is 53.5 Å². The first-order valence-corrected chi connectivity index (χ1v) is 6.03. The van der Waals surface area contributed by atoms with Gasteiger partial charge in [-0.05, 0) is 24.6 Å². The Hall–Kier alpha value is -1.02. The van der Waals surface area contributed by atoms with Crippen LogP contribution in [0.25, 0.3) is 0 Å². The van der Waals surface area contributed by atoms with Gasteiger partial charge in [0, 0.05) is 21.2 Å². The average molecular weight is 267 g/mol. The predicted octanol–water partition coefficient (Wildman–Crippen LogP) is 4.38. The summed E-state index contributed by atoms with van der Waals surface area (Å²) in [4.78, 5) is 0. The molecule has 1 unspecified atom stereocenters. The minimum Gasteiger partial charge on any atom is -0.384 e. The highest BCUT2D eigenvalue weighted by atomic mass is 35.5. The summed E-state index contributed by atoms with van der Waals surface area (Å²) in [5.41, 5.74) is 2.40. The van der Waals surface area contributed by atoms with E-state index in [0.29, 0.717) is 21.2 Å². The maximum Gasteiger partial charge on any atom is 0.107 e. The molecule has 0 aromatic heterocycles. The van der Waals surface area contributed by atoms with Crippen molar-refractivity contribution in [3.05, 3.63) is 69.2 Å². The molecule has 2 aromatic carbocycles. The Morgan fingerprint density at radius 1 is 0.941 bits per heavy atom. The molecular weight excluding hydrogens is 255 g/mol. The summed E-state index contributed by atoms with van der Waals surface area (Å²) in [7, 11) is 0. The minimum absolute atomic E-state index is 0.539. The molecule has 0 spiro atoms. The molecule has 0 saturated carbocycles. The first-order chi connectivity index (χ1) is 8.09. The summed E-state index contributed by atoms with van der Waals surface area (Å²) in [5.74, 6) is 0. The molecule has 0 aliphatic rings. The molecule has 0 fully saturated rings. The first kappa shape index (κ1) is 12.4. The van der Waals surface area contributed by atoms with E-state index in [0.717, 1.165) is 5.56 Å². The van der Waals surface area contributed by atoms with Crippen molar-refractivity contribution in [1.29, 1.82) is 0 Å². The Balaban J connectivity index is 2.44. The molecule has 0 amide bonds. The normalized spacial score (nSPS) is 12.5. The summed E-state index contributed by atoms with van der Waals surface area (Å²) in [6.07, 6.45) is -0.795. The van der Waals surface area contributed by atoms with Crippen molar-refractivity contribution in [3.8, 4) is 0 Å². The number of hydrogen-bond donors (Lipinski definition) is 1. The number of rotatable bonds is 2. The van der Waals surface area contributed by atoms with Gasteiger partial charge in [0.15, 0.2) is 0 Å². The second kappa shape index (κ2) is 5.09. The molecule has 0 aliphatic carbocycles. The third kappa shape index (κ3) is 2.63. The molecule has 2 rings (SSSR count). The summed E-state index contributed by atoms with van der Waals surface area (Å²) in [6.45, 7) is 1.96. The lowest BCUT2D eigenvalue weighted by Crippen LogP contribution is -2.01. The van der Waals surface area contributed by atoms with Gasteiger partial charge in [-0.3, -0.25) is 0 Å². The number of halogens is 2. The Kier molecular flexibility index (Phi) is 3.72. The van der Waals surface area contributed by atoms with Crippen LogP contribution >= 0.6 is 23.2 Å². The molecule has 0 heterocycles. The van der Waals surface area contributed by atoms with E-state index in [2.05, 4.69) is 0 Å². The number of aliphatic hydroxyl groups is 1. The van der Waals surface area contributed by atoms with Crippen molar-refractivity contribution in [1.82, 2.24) is 0 Å². The zero-order valence-corrected chi connectivity index (χ0v) is 10.8. The van der Waals surface area contributed by atoms with Crippen LogP contribution in [0.2, 0.25) is 10.0 Å². The predicted molar refractivity (Wildman–Crippen MR) is 71.7 cm³/mol. The molecule has 0 aliphatic heterocycles. The van der Waals surface area contributed by atoms with E-state index in [1.54, 1.807) is 12.1 Å². The van der Waals surface area contributed by atoms with Crippen molar-refractivity contribution in [3.63, 3.8) is 0 Å². The van der Waals surface area contributed by atoms with E-state index < -0.39 is 6.10 Å². The maximum atomic E-state index is 10.3. The van der Waals surface area contributed by atoms with Crippen LogP contribution in [0, 0.1) is 6.92 Å². The molecule has 1 nitrogen and oxygen atoms in total. The van der Waals surface area contributed by atoms with Gasteiger partial charge in [-0.15, -0.1) is 0 Å². The fraction of sp³-hybridized carbons (Fsp3) is 0.143. The molecule has 17 heavy (non-hydrogen) atoms. The van der Waals surface area contributed by atoms with E-state index in [9.17, 15) is 5.11 Å². The highest BCUT2D eigenvalue weighted by molar-refractivity contribution is 6.32. The van der Waals surface area contributed by atoms with E-state index in [-0.39, 0.29) is 0 Å². The van der Waals surface area contributed by atoms with Gasteiger partial charge >= 0.3 is 0 Å². The van der Waals surface area contributed by atoms with Gasteiger partial charge in [0.05, 0.1) is 0 Å². The fourth-order valence-electron chi connectivity index (χ4n) is 1.72. The van der Waals surface area contributed by atoms with Crippen LogP contribution < -0.4 is 0 Å². The Labute approximate surface area is 111 Å². The monoisotopic (exact) mass is 266 g/mol. The smallest absolute Gasteiger partial charge is 0.107 e. The number of aliphatic hydroxyl groups excluding tert-OH is 1. The summed E-state index contributed by atoms with van der Waals surface area (Å²) < 4.78 is 0. The van der Waals surface area contributed by atoms with Crippen molar-refractivity contribution >= 4 is 23.2 Å². The minimum atomic E-state index is -0.795. The summed E-state index contributed by atoms with van der Waals surface area (Å²) in [5, 5.41) is 11.4. The molecular formula is C14H12Cl2O. The maximum absolute atomic E-state index is 10.3. The van der Waals surface area contributed by atoms with Crippen molar-refractivity contribution in [2.75, 3.05) is 0 Å². The average Bonchev–Trinajstić information content (AvgIpc) is 2.29. The van der Waals surface area contributed by atoms with Crippen molar-refractivity contribution in [2.45, 2.75) is 13.0 Å². The van der Waals surface area contributed by atoms with Gasteiger partial charge in [-0.25, -0.2) is 0 Å². The van der Waals surface area contributed by atoms with Gasteiger partial charge in [0.25, 0.3) is 0 Å². The second-order valence-electron chi connectivity index (χ2n) is 3.95. The highest BCUT2D eigenvalue weighted by Gasteiger charge is 2.16. The second-order valence-corrected chi connectivity index (χ2v) is 4.76. The fourth-order valence-corrected chi connectivity index (χ4v) is 2.30. The molecule has 2 aromatic rings. The van der Waals surface area contributed by atoms with Gasteiger partial charge in [0.1, 0.15) is 6.10 Å². The van der Waals surface area contributed by atoms with Crippen LogP contribution in [0.3, 0.4) is 0 Å².